The van der Waals surface area contributed by atoms with Crippen molar-refractivity contribution in [1.29, 1.82) is 0 Å². The number of carbonyl (C=O) groups is 1. The van der Waals surface area contributed by atoms with Crippen molar-refractivity contribution in [1.82, 2.24) is 0 Å². The van der Waals surface area contributed by atoms with Crippen molar-refractivity contribution >= 4 is 11.7 Å². The molecular weight excluding hydrogens is 190 g/mol. The third-order valence-electron chi connectivity index (χ3n) is 2.71. The zero-order chi connectivity index (χ0) is 10.8. The SMILES string of the molecule is Cc1ccccc1C1=N[C@H](C(=O)O)CC1. The lowest BCUT2D eigenvalue weighted by Gasteiger charge is -2.03. The zero-order valence-corrected chi connectivity index (χ0v) is 8.60. The maximum Gasteiger partial charge on any atom is 0.328 e. The molecule has 0 unspecified atom stereocenters. The van der Waals surface area contributed by atoms with Crippen LogP contribution in [0, 0.1) is 6.92 Å². The summed E-state index contributed by atoms with van der Waals surface area (Å²) in [7, 11) is 0. The van der Waals surface area contributed by atoms with Crippen LogP contribution in [0.1, 0.15) is 24.0 Å². The summed E-state index contributed by atoms with van der Waals surface area (Å²) in [5.74, 6) is -0.821. The maximum atomic E-state index is 10.8. The first-order valence-electron chi connectivity index (χ1n) is 5.04. The van der Waals surface area contributed by atoms with Gasteiger partial charge in [-0.3, -0.25) is 4.99 Å². The molecule has 15 heavy (non-hydrogen) atoms. The highest BCUT2D eigenvalue weighted by Gasteiger charge is 2.24. The first-order valence-corrected chi connectivity index (χ1v) is 5.04. The summed E-state index contributed by atoms with van der Waals surface area (Å²) < 4.78 is 0. The van der Waals surface area contributed by atoms with E-state index in [4.69, 9.17) is 5.11 Å². The average Bonchev–Trinajstić information content (AvgIpc) is 2.67. The fraction of sp³-hybridized carbons (Fsp3) is 0.333. The Balaban J connectivity index is 2.30. The van der Waals surface area contributed by atoms with E-state index >= 15 is 0 Å². The van der Waals surface area contributed by atoms with Gasteiger partial charge in [0.2, 0.25) is 0 Å². The summed E-state index contributed by atoms with van der Waals surface area (Å²) in [5.41, 5.74) is 3.17. The number of aliphatic carboxylic acids is 1. The van der Waals surface area contributed by atoms with Crippen molar-refractivity contribution in [2.45, 2.75) is 25.8 Å². The van der Waals surface area contributed by atoms with Crippen LogP contribution in [-0.2, 0) is 4.79 Å². The van der Waals surface area contributed by atoms with E-state index in [2.05, 4.69) is 4.99 Å². The molecule has 1 aromatic carbocycles. The third kappa shape index (κ3) is 1.91. The maximum absolute atomic E-state index is 10.8. The molecule has 0 spiro atoms. The largest absolute Gasteiger partial charge is 0.480 e. The molecule has 0 aliphatic carbocycles. The summed E-state index contributed by atoms with van der Waals surface area (Å²) >= 11 is 0. The van der Waals surface area contributed by atoms with Crippen molar-refractivity contribution < 1.29 is 9.90 Å². The minimum atomic E-state index is -0.821. The first kappa shape index (κ1) is 9.90. The molecule has 78 valence electrons. The van der Waals surface area contributed by atoms with Gasteiger partial charge in [0.1, 0.15) is 6.04 Å². The number of carboxylic acid groups (broad SMARTS) is 1. The second kappa shape index (κ2) is 3.85. The topological polar surface area (TPSA) is 49.7 Å². The number of hydrogen-bond donors (Lipinski definition) is 1. The van der Waals surface area contributed by atoms with Crippen LogP contribution in [0.3, 0.4) is 0 Å². The van der Waals surface area contributed by atoms with Gasteiger partial charge in [0.05, 0.1) is 0 Å². The van der Waals surface area contributed by atoms with Gasteiger partial charge in [-0.2, -0.15) is 0 Å². The molecule has 0 radical (unpaired) electrons. The van der Waals surface area contributed by atoms with Crippen molar-refractivity contribution in [3.8, 4) is 0 Å². The molecule has 0 amide bonds. The molecule has 0 saturated carbocycles. The number of aliphatic imine (C=N–C) groups is 1. The van der Waals surface area contributed by atoms with Crippen LogP contribution >= 0.6 is 0 Å². The van der Waals surface area contributed by atoms with E-state index in [9.17, 15) is 4.79 Å². The number of rotatable bonds is 2. The van der Waals surface area contributed by atoms with Crippen LogP contribution in [0.4, 0.5) is 0 Å². The summed E-state index contributed by atoms with van der Waals surface area (Å²) in [6.45, 7) is 2.02. The highest BCUT2D eigenvalue weighted by molar-refractivity contribution is 6.04. The molecule has 1 atom stereocenters. The van der Waals surface area contributed by atoms with E-state index in [-0.39, 0.29) is 0 Å². The Hall–Kier alpha value is -1.64. The van der Waals surface area contributed by atoms with Crippen LogP contribution in [0.15, 0.2) is 29.3 Å². The lowest BCUT2D eigenvalue weighted by molar-refractivity contribution is -0.138. The van der Waals surface area contributed by atoms with Crippen LogP contribution in [0.5, 0.6) is 0 Å². The number of aryl methyl sites for hydroxylation is 1. The molecule has 0 saturated heterocycles. The van der Waals surface area contributed by atoms with Crippen molar-refractivity contribution in [2.24, 2.45) is 4.99 Å². The normalized spacial score (nSPS) is 20.1. The summed E-state index contributed by atoms with van der Waals surface area (Å²) in [6, 6.07) is 7.41. The standard InChI is InChI=1S/C12H13NO2/c1-8-4-2-3-5-9(8)10-6-7-11(13-10)12(14)15/h2-5,11H,6-7H2,1H3,(H,14,15)/t11-/m0/s1. The van der Waals surface area contributed by atoms with Gasteiger partial charge >= 0.3 is 5.97 Å². The van der Waals surface area contributed by atoms with E-state index in [1.807, 2.05) is 31.2 Å². The van der Waals surface area contributed by atoms with Crippen molar-refractivity contribution in [2.75, 3.05) is 0 Å². The summed E-state index contributed by atoms with van der Waals surface area (Å²) in [5, 5.41) is 8.84. The Morgan fingerprint density at radius 2 is 2.20 bits per heavy atom. The smallest absolute Gasteiger partial charge is 0.328 e. The Bertz CT molecular complexity index is 423. The second-order valence-electron chi connectivity index (χ2n) is 3.78. The number of carboxylic acids is 1. The highest BCUT2D eigenvalue weighted by atomic mass is 16.4. The molecule has 2 rings (SSSR count). The van der Waals surface area contributed by atoms with Gasteiger partial charge < -0.3 is 5.11 Å². The lowest BCUT2D eigenvalue weighted by Crippen LogP contribution is -2.13. The second-order valence-corrected chi connectivity index (χ2v) is 3.78. The fourth-order valence-electron chi connectivity index (χ4n) is 1.87. The van der Waals surface area contributed by atoms with E-state index in [0.717, 1.165) is 23.3 Å². The van der Waals surface area contributed by atoms with Crippen LogP contribution < -0.4 is 0 Å². The summed E-state index contributed by atoms with van der Waals surface area (Å²) in [4.78, 5) is 15.0. The minimum absolute atomic E-state index is 0.542. The monoisotopic (exact) mass is 203 g/mol. The van der Waals surface area contributed by atoms with Gasteiger partial charge in [-0.15, -0.1) is 0 Å². The van der Waals surface area contributed by atoms with Crippen molar-refractivity contribution in [3.63, 3.8) is 0 Å². The van der Waals surface area contributed by atoms with E-state index in [0.29, 0.717) is 6.42 Å². The van der Waals surface area contributed by atoms with Crippen molar-refractivity contribution in [3.05, 3.63) is 35.4 Å². The van der Waals surface area contributed by atoms with Crippen LogP contribution in [0.25, 0.3) is 0 Å². The zero-order valence-electron chi connectivity index (χ0n) is 8.60. The van der Waals surface area contributed by atoms with Gasteiger partial charge in [0.25, 0.3) is 0 Å². The van der Waals surface area contributed by atoms with Crippen LogP contribution in [0.2, 0.25) is 0 Å². The Labute approximate surface area is 88.5 Å². The molecule has 1 heterocycles. The summed E-state index contributed by atoms with van der Waals surface area (Å²) in [6.07, 6.45) is 1.39. The lowest BCUT2D eigenvalue weighted by atomic mass is 10.0. The Kier molecular flexibility index (Phi) is 2.54. The fourth-order valence-corrected chi connectivity index (χ4v) is 1.87. The molecular formula is C12H13NO2. The van der Waals surface area contributed by atoms with Gasteiger partial charge in [-0.25, -0.2) is 4.79 Å². The van der Waals surface area contributed by atoms with E-state index in [1.54, 1.807) is 0 Å². The van der Waals surface area contributed by atoms with Crippen LogP contribution in [-0.4, -0.2) is 22.8 Å². The molecule has 0 fully saturated rings. The molecule has 1 N–H and O–H groups in total. The molecule has 3 nitrogen and oxygen atoms in total. The number of hydrogen-bond acceptors (Lipinski definition) is 2. The molecule has 0 bridgehead atoms. The molecule has 1 aliphatic rings. The average molecular weight is 203 g/mol. The van der Waals surface area contributed by atoms with E-state index in [1.165, 1.54) is 0 Å². The molecule has 1 aliphatic heterocycles. The first-order chi connectivity index (χ1) is 7.18. The predicted octanol–water partition coefficient (Wildman–Crippen LogP) is 2.03. The molecule has 0 aromatic heterocycles. The molecule has 1 aromatic rings. The predicted molar refractivity (Wildman–Crippen MR) is 58.4 cm³/mol. The van der Waals surface area contributed by atoms with E-state index < -0.39 is 12.0 Å². The third-order valence-corrected chi connectivity index (χ3v) is 2.71. The molecule has 3 heteroatoms. The Morgan fingerprint density at radius 3 is 2.80 bits per heavy atom. The minimum Gasteiger partial charge on any atom is -0.480 e. The number of nitrogens with zero attached hydrogens (tertiary/aromatic N) is 1. The van der Waals surface area contributed by atoms with Gasteiger partial charge in [-0.05, 0) is 30.9 Å². The highest BCUT2D eigenvalue weighted by Crippen LogP contribution is 2.20. The van der Waals surface area contributed by atoms with Gasteiger partial charge in [0.15, 0.2) is 0 Å². The van der Waals surface area contributed by atoms with Gasteiger partial charge in [-0.1, -0.05) is 24.3 Å². The quantitative estimate of drug-likeness (QED) is 0.799. The Morgan fingerprint density at radius 1 is 1.47 bits per heavy atom. The number of benzene rings is 1. The van der Waals surface area contributed by atoms with Gasteiger partial charge in [0, 0.05) is 5.71 Å².